The van der Waals surface area contributed by atoms with Crippen LogP contribution in [0.4, 0.5) is 0 Å². The largest absolute Gasteiger partial charge is 0.458 e. The zero-order chi connectivity index (χ0) is 41.6. The number of unbranched alkanes of at least 4 members (excludes halogenated alkanes) is 47. The molecule has 58 heavy (non-hydrogen) atoms. The lowest BCUT2D eigenvalue weighted by Gasteiger charge is -2.41. The zero-order valence-electron chi connectivity index (χ0n) is 40.6. The summed E-state index contributed by atoms with van der Waals surface area (Å²) in [5.74, 6) is 0.0453. The van der Waals surface area contributed by atoms with E-state index in [2.05, 4.69) is 13.8 Å². The molecule has 346 valence electrons. The van der Waals surface area contributed by atoms with Gasteiger partial charge in [-0.2, -0.15) is 0 Å². The Morgan fingerprint density at radius 1 is 0.276 bits per heavy atom. The summed E-state index contributed by atoms with van der Waals surface area (Å²) in [7, 11) is 0. The topological polar surface area (TPSA) is 26.3 Å². The molecule has 1 rings (SSSR count). The third-order valence-corrected chi connectivity index (χ3v) is 14.0. The van der Waals surface area contributed by atoms with Gasteiger partial charge in [-0.05, 0) is 25.7 Å². The highest BCUT2D eigenvalue weighted by Crippen LogP contribution is 2.38. The van der Waals surface area contributed by atoms with Crippen molar-refractivity contribution in [2.24, 2.45) is 0 Å². The van der Waals surface area contributed by atoms with Gasteiger partial charge in [-0.1, -0.05) is 316 Å². The van der Waals surface area contributed by atoms with Gasteiger partial charge in [0, 0.05) is 0 Å². The number of cyclic esters (lactones) is 1. The molecule has 1 saturated heterocycles. The van der Waals surface area contributed by atoms with Crippen molar-refractivity contribution in [3.05, 3.63) is 0 Å². The highest BCUT2D eigenvalue weighted by Gasteiger charge is 2.44. The van der Waals surface area contributed by atoms with E-state index in [9.17, 15) is 4.79 Å². The molecule has 0 N–H and O–H groups in total. The van der Waals surface area contributed by atoms with Crippen LogP contribution in [0, 0.1) is 0 Å². The van der Waals surface area contributed by atoms with Crippen LogP contribution < -0.4 is 0 Å². The van der Waals surface area contributed by atoms with E-state index >= 15 is 0 Å². The van der Waals surface area contributed by atoms with Gasteiger partial charge in [0.25, 0.3) is 0 Å². The van der Waals surface area contributed by atoms with Gasteiger partial charge in [-0.3, -0.25) is 4.79 Å². The smallest absolute Gasteiger partial charge is 0.310 e. The molecule has 0 aromatic carbocycles. The first-order valence-corrected chi connectivity index (χ1v) is 27.9. The third kappa shape index (κ3) is 39.6. The molecule has 2 heteroatoms. The Bertz CT molecular complexity index is 781. The first-order valence-electron chi connectivity index (χ1n) is 27.9. The van der Waals surface area contributed by atoms with Crippen molar-refractivity contribution in [1.29, 1.82) is 0 Å². The van der Waals surface area contributed by atoms with Crippen LogP contribution >= 0.6 is 0 Å². The van der Waals surface area contributed by atoms with Crippen molar-refractivity contribution >= 4 is 5.97 Å². The molecule has 0 amide bonds. The van der Waals surface area contributed by atoms with Crippen molar-refractivity contribution in [3.8, 4) is 0 Å². The molecule has 2 nitrogen and oxygen atoms in total. The Hall–Kier alpha value is -0.530. The van der Waals surface area contributed by atoms with Gasteiger partial charge >= 0.3 is 5.97 Å². The minimum absolute atomic E-state index is 0.0453. The molecule has 0 saturated carbocycles. The lowest BCUT2D eigenvalue weighted by molar-refractivity contribution is -0.194. The van der Waals surface area contributed by atoms with Crippen molar-refractivity contribution < 1.29 is 9.53 Å². The SMILES string of the molecule is CCCCCCCCCCCCCCCCCCCCCCCCCCCC1(CCCCCCCCCCCCCCCCCCCCCCCCCC)CC(=O)O1. The second kappa shape index (κ2) is 46.0. The molecule has 1 heterocycles. The highest BCUT2D eigenvalue weighted by atomic mass is 16.6. The van der Waals surface area contributed by atoms with E-state index in [1.165, 1.54) is 315 Å². The first-order chi connectivity index (χ1) is 28.7. The molecule has 1 aliphatic heterocycles. The van der Waals surface area contributed by atoms with Crippen LogP contribution in [0.2, 0.25) is 0 Å². The van der Waals surface area contributed by atoms with Gasteiger partial charge in [0.15, 0.2) is 0 Å². The highest BCUT2D eigenvalue weighted by molar-refractivity contribution is 5.76. The Morgan fingerprint density at radius 2 is 0.414 bits per heavy atom. The normalized spacial score (nSPS) is 15.3. The number of carbonyl (C=O) groups is 1. The fraction of sp³-hybridized carbons (Fsp3) is 0.982. The quantitative estimate of drug-likeness (QED) is 0.0452. The first kappa shape index (κ1) is 55.5. The van der Waals surface area contributed by atoms with Crippen LogP contribution in [0.15, 0.2) is 0 Å². The zero-order valence-corrected chi connectivity index (χ0v) is 40.6. The summed E-state index contributed by atoms with van der Waals surface area (Å²) in [5.41, 5.74) is -0.0866. The van der Waals surface area contributed by atoms with Crippen LogP contribution in [0.5, 0.6) is 0 Å². The van der Waals surface area contributed by atoms with Crippen LogP contribution in [-0.4, -0.2) is 11.6 Å². The van der Waals surface area contributed by atoms with E-state index < -0.39 is 0 Å². The van der Waals surface area contributed by atoms with E-state index in [0.29, 0.717) is 6.42 Å². The van der Waals surface area contributed by atoms with E-state index in [1.807, 2.05) is 0 Å². The minimum atomic E-state index is -0.0866. The predicted molar refractivity (Wildman–Crippen MR) is 260 cm³/mol. The molecule has 1 atom stereocenters. The Balaban J connectivity index is 1.76. The van der Waals surface area contributed by atoms with E-state index in [-0.39, 0.29) is 11.6 Å². The van der Waals surface area contributed by atoms with Gasteiger partial charge in [0.2, 0.25) is 0 Å². The second-order valence-corrected chi connectivity index (χ2v) is 20.0. The van der Waals surface area contributed by atoms with Crippen molar-refractivity contribution in [2.75, 3.05) is 0 Å². The van der Waals surface area contributed by atoms with E-state index in [1.54, 1.807) is 0 Å². The number of rotatable bonds is 51. The summed E-state index contributed by atoms with van der Waals surface area (Å²) in [4.78, 5) is 11.8. The maximum Gasteiger partial charge on any atom is 0.310 e. The molecular formula is C56H110O2. The van der Waals surface area contributed by atoms with E-state index in [4.69, 9.17) is 4.74 Å². The maximum atomic E-state index is 11.8. The van der Waals surface area contributed by atoms with Crippen LogP contribution in [0.25, 0.3) is 0 Å². The lowest BCUT2D eigenvalue weighted by Crippen LogP contribution is -2.47. The maximum absolute atomic E-state index is 11.8. The van der Waals surface area contributed by atoms with Crippen molar-refractivity contribution in [2.45, 2.75) is 353 Å². The fourth-order valence-corrected chi connectivity index (χ4v) is 9.90. The summed E-state index contributed by atoms with van der Waals surface area (Å²) in [6.07, 6.45) is 73.3. The lowest BCUT2D eigenvalue weighted by atomic mass is 9.83. The van der Waals surface area contributed by atoms with Crippen molar-refractivity contribution in [1.82, 2.24) is 0 Å². The minimum Gasteiger partial charge on any atom is -0.458 e. The summed E-state index contributed by atoms with van der Waals surface area (Å²) >= 11 is 0. The monoisotopic (exact) mass is 815 g/mol. The molecule has 1 fully saturated rings. The van der Waals surface area contributed by atoms with Gasteiger partial charge < -0.3 is 4.74 Å². The van der Waals surface area contributed by atoms with Crippen molar-refractivity contribution in [3.63, 3.8) is 0 Å². The molecule has 0 aromatic heterocycles. The third-order valence-electron chi connectivity index (χ3n) is 14.0. The van der Waals surface area contributed by atoms with Gasteiger partial charge in [-0.25, -0.2) is 0 Å². The van der Waals surface area contributed by atoms with Crippen LogP contribution in [0.1, 0.15) is 348 Å². The van der Waals surface area contributed by atoms with Crippen LogP contribution in [-0.2, 0) is 9.53 Å². The summed E-state index contributed by atoms with van der Waals surface area (Å²) in [5, 5.41) is 0. The average Bonchev–Trinajstić information content (AvgIpc) is 3.21. The van der Waals surface area contributed by atoms with Gasteiger partial charge in [-0.15, -0.1) is 0 Å². The Labute approximate surface area is 367 Å². The fourth-order valence-electron chi connectivity index (χ4n) is 9.90. The standard InChI is InChI=1S/C56H110O2/c1-3-5-7-9-11-13-15-17-19-21-23-25-27-29-31-33-35-37-39-41-43-45-47-49-51-53-56(54-55(57)58-56)52-50-48-46-44-42-40-38-36-34-32-30-28-26-24-22-20-18-16-14-12-10-8-6-4-2/h3-54H2,1-2H3. The van der Waals surface area contributed by atoms with Crippen LogP contribution in [0.3, 0.4) is 0 Å². The number of hydrogen-bond acceptors (Lipinski definition) is 2. The molecule has 0 radical (unpaired) electrons. The second-order valence-electron chi connectivity index (χ2n) is 20.0. The predicted octanol–water partition coefficient (Wildman–Crippen LogP) is 20.6. The van der Waals surface area contributed by atoms with Gasteiger partial charge in [0.1, 0.15) is 5.60 Å². The summed E-state index contributed by atoms with van der Waals surface area (Å²) in [6, 6.07) is 0. The average molecular weight is 815 g/mol. The number of hydrogen-bond donors (Lipinski definition) is 0. The molecule has 0 bridgehead atoms. The summed E-state index contributed by atoms with van der Waals surface area (Å²) < 4.78 is 5.79. The Kier molecular flexibility index (Phi) is 44.0. The molecular weight excluding hydrogens is 705 g/mol. The molecule has 0 aliphatic carbocycles. The molecule has 1 aliphatic rings. The number of esters is 1. The number of ether oxygens (including phenoxy) is 1. The number of carbonyl (C=O) groups excluding carboxylic acids is 1. The summed E-state index contributed by atoms with van der Waals surface area (Å²) in [6.45, 7) is 4.61. The van der Waals surface area contributed by atoms with E-state index in [0.717, 1.165) is 12.8 Å². The molecule has 0 spiro atoms. The molecule has 0 aromatic rings. The van der Waals surface area contributed by atoms with Gasteiger partial charge in [0.05, 0.1) is 6.42 Å². The molecule has 1 unspecified atom stereocenters. The Morgan fingerprint density at radius 3 is 0.552 bits per heavy atom.